The highest BCUT2D eigenvalue weighted by atomic mass is 35.5. The summed E-state index contributed by atoms with van der Waals surface area (Å²) in [6.07, 6.45) is 3.38. The summed E-state index contributed by atoms with van der Waals surface area (Å²) in [5.41, 5.74) is 11.5. The molecule has 3 aromatic carbocycles. The van der Waals surface area contributed by atoms with Gasteiger partial charge in [0.1, 0.15) is 5.41 Å². The highest BCUT2D eigenvalue weighted by Crippen LogP contribution is 2.56. The third-order valence-corrected chi connectivity index (χ3v) is 8.33. The first-order valence-electron chi connectivity index (χ1n) is 13.4. The molecule has 1 heterocycles. The first kappa shape index (κ1) is 26.2. The molecule has 0 radical (unpaired) electrons. The van der Waals surface area contributed by atoms with Crippen LogP contribution in [0.2, 0.25) is 0 Å². The molecule has 1 amide bonds. The minimum atomic E-state index is -1.13. The molecule has 3 aromatic rings. The van der Waals surface area contributed by atoms with Crippen LogP contribution >= 0.6 is 12.4 Å². The van der Waals surface area contributed by atoms with Crippen LogP contribution < -0.4 is 11.1 Å². The van der Waals surface area contributed by atoms with E-state index in [0.717, 1.165) is 78.6 Å². The van der Waals surface area contributed by atoms with Gasteiger partial charge in [-0.15, -0.1) is 12.4 Å². The zero-order valence-corrected chi connectivity index (χ0v) is 22.6. The molecule has 38 heavy (non-hydrogen) atoms. The average Bonchev–Trinajstić information content (AvgIpc) is 3.24. The molecule has 2 aliphatic carbocycles. The van der Waals surface area contributed by atoms with Crippen molar-refractivity contribution >= 4 is 40.4 Å². The van der Waals surface area contributed by atoms with Crippen LogP contribution in [0.25, 0.3) is 16.3 Å². The summed E-state index contributed by atoms with van der Waals surface area (Å²) in [6.45, 7) is 5.60. The van der Waals surface area contributed by atoms with Gasteiger partial charge >= 0.3 is 0 Å². The Morgan fingerprint density at radius 3 is 2.39 bits per heavy atom. The van der Waals surface area contributed by atoms with Crippen molar-refractivity contribution in [3.05, 3.63) is 100 Å². The molecule has 1 saturated heterocycles. The number of primary amides is 1. The van der Waals surface area contributed by atoms with Gasteiger partial charge in [0.05, 0.1) is 5.57 Å². The Morgan fingerprint density at radius 2 is 1.66 bits per heavy atom. The number of amides is 1. The van der Waals surface area contributed by atoms with Gasteiger partial charge in [-0.05, 0) is 52.3 Å². The largest absolute Gasteiger partial charge is 0.369 e. The standard InChI is InChI=1S/C32H33N3O2.ClH/c1-2-3-9-22-20-32(31(33)37,26-15-8-11-21-10-4-5-12-23(21)26)28-24-13-6-7-14-25(24)30(36)27(28)29(22)35-18-16-34-17-19-35;/h4-8,10-15,34H,2-3,9,16-20H2,1H3,(H2,33,37);1H. The SMILES string of the molecule is CCCCC1=C(N2CCNCC2)C2=C(c3ccccc3C2=O)C(C(N)=O)(c2cccc3ccccc23)C1.Cl. The number of hydrogen-bond acceptors (Lipinski definition) is 4. The van der Waals surface area contributed by atoms with Crippen LogP contribution in [0.3, 0.4) is 0 Å². The molecule has 1 unspecified atom stereocenters. The summed E-state index contributed by atoms with van der Waals surface area (Å²) in [7, 11) is 0. The number of hydrogen-bond donors (Lipinski definition) is 2. The lowest BCUT2D eigenvalue weighted by atomic mass is 9.62. The fraction of sp³-hybridized carbons (Fsp3) is 0.312. The molecule has 3 aliphatic rings. The second kappa shape index (κ2) is 10.4. The molecule has 3 N–H and O–H groups in total. The van der Waals surface area contributed by atoms with Crippen molar-refractivity contribution in [1.29, 1.82) is 0 Å². The Hall–Kier alpha value is -3.41. The van der Waals surface area contributed by atoms with Crippen LogP contribution in [0.5, 0.6) is 0 Å². The summed E-state index contributed by atoms with van der Waals surface area (Å²) in [5, 5.41) is 5.51. The van der Waals surface area contributed by atoms with E-state index in [1.807, 2.05) is 48.5 Å². The number of nitrogens with zero attached hydrogens (tertiary/aromatic N) is 1. The van der Waals surface area contributed by atoms with E-state index in [4.69, 9.17) is 5.73 Å². The van der Waals surface area contributed by atoms with E-state index >= 15 is 0 Å². The Kier molecular flexibility index (Phi) is 7.17. The van der Waals surface area contributed by atoms with Gasteiger partial charge in [0.2, 0.25) is 5.91 Å². The van der Waals surface area contributed by atoms with Crippen molar-refractivity contribution in [2.75, 3.05) is 26.2 Å². The number of unbranched alkanes of at least 4 members (excludes halogenated alkanes) is 1. The molecular formula is C32H34ClN3O2. The number of ketones is 1. The molecule has 0 bridgehead atoms. The molecule has 196 valence electrons. The van der Waals surface area contributed by atoms with Gasteiger partial charge in [0.25, 0.3) is 0 Å². The van der Waals surface area contributed by atoms with Gasteiger partial charge in [0.15, 0.2) is 5.78 Å². The van der Waals surface area contributed by atoms with E-state index in [9.17, 15) is 9.59 Å². The number of nitrogens with two attached hydrogens (primary N) is 1. The molecule has 0 saturated carbocycles. The third kappa shape index (κ3) is 3.88. The Labute approximate surface area is 230 Å². The average molecular weight is 528 g/mol. The van der Waals surface area contributed by atoms with Gasteiger partial charge in [0, 0.05) is 37.4 Å². The van der Waals surface area contributed by atoms with E-state index in [1.165, 1.54) is 5.57 Å². The summed E-state index contributed by atoms with van der Waals surface area (Å²) in [5.74, 6) is -0.382. The number of halogens is 1. The van der Waals surface area contributed by atoms with E-state index < -0.39 is 11.3 Å². The number of carbonyl (C=O) groups excluding carboxylic acids is 2. The highest BCUT2D eigenvalue weighted by Gasteiger charge is 2.53. The summed E-state index contributed by atoms with van der Waals surface area (Å²) in [6, 6.07) is 22.0. The van der Waals surface area contributed by atoms with Crippen LogP contribution in [0.4, 0.5) is 0 Å². The summed E-state index contributed by atoms with van der Waals surface area (Å²) < 4.78 is 0. The van der Waals surface area contributed by atoms with Gasteiger partial charge in [-0.25, -0.2) is 0 Å². The van der Waals surface area contributed by atoms with Crippen LogP contribution in [0.15, 0.2) is 83.6 Å². The molecular weight excluding hydrogens is 494 g/mol. The fourth-order valence-corrected chi connectivity index (χ4v) is 6.66. The van der Waals surface area contributed by atoms with Gasteiger partial charge in [-0.3, -0.25) is 9.59 Å². The molecule has 6 rings (SSSR count). The highest BCUT2D eigenvalue weighted by molar-refractivity contribution is 6.27. The zero-order chi connectivity index (χ0) is 25.6. The van der Waals surface area contributed by atoms with Crippen molar-refractivity contribution in [3.8, 4) is 0 Å². The second-order valence-electron chi connectivity index (χ2n) is 10.4. The first-order valence-corrected chi connectivity index (χ1v) is 13.4. The van der Waals surface area contributed by atoms with Crippen molar-refractivity contribution in [1.82, 2.24) is 10.2 Å². The number of carbonyl (C=O) groups is 2. The van der Waals surface area contributed by atoms with E-state index in [1.54, 1.807) is 0 Å². The molecule has 6 heteroatoms. The molecule has 1 fully saturated rings. The number of benzene rings is 3. The van der Waals surface area contributed by atoms with Gasteiger partial charge in [-0.1, -0.05) is 80.1 Å². The number of rotatable bonds is 6. The van der Waals surface area contributed by atoms with E-state index in [2.05, 4.69) is 35.3 Å². The molecule has 5 nitrogen and oxygen atoms in total. The number of allylic oxidation sites excluding steroid dienone is 2. The quantitative estimate of drug-likeness (QED) is 0.451. The lowest BCUT2D eigenvalue weighted by Crippen LogP contribution is -2.48. The van der Waals surface area contributed by atoms with E-state index in [0.29, 0.717) is 17.6 Å². The number of Topliss-reactive ketones (excluding diaryl/α,β-unsaturated/α-hetero) is 1. The van der Waals surface area contributed by atoms with Crippen LogP contribution in [-0.2, 0) is 10.2 Å². The maximum absolute atomic E-state index is 14.2. The molecule has 0 aromatic heterocycles. The topological polar surface area (TPSA) is 75.4 Å². The van der Waals surface area contributed by atoms with Gasteiger partial charge < -0.3 is 16.0 Å². The van der Waals surface area contributed by atoms with E-state index in [-0.39, 0.29) is 18.2 Å². The Balaban J connectivity index is 0.00000294. The van der Waals surface area contributed by atoms with Crippen LogP contribution in [-0.4, -0.2) is 42.8 Å². The minimum Gasteiger partial charge on any atom is -0.369 e. The van der Waals surface area contributed by atoms with Crippen molar-refractivity contribution in [2.45, 2.75) is 38.0 Å². The summed E-state index contributed by atoms with van der Waals surface area (Å²) >= 11 is 0. The molecule has 0 spiro atoms. The summed E-state index contributed by atoms with van der Waals surface area (Å²) in [4.78, 5) is 30.5. The smallest absolute Gasteiger partial charge is 0.232 e. The lowest BCUT2D eigenvalue weighted by molar-refractivity contribution is -0.121. The van der Waals surface area contributed by atoms with Crippen molar-refractivity contribution in [2.24, 2.45) is 5.73 Å². The number of nitrogens with one attached hydrogen (secondary N) is 1. The normalized spacial score (nSPS) is 20.9. The minimum absolute atomic E-state index is 0. The van der Waals surface area contributed by atoms with Crippen LogP contribution in [0.1, 0.15) is 54.1 Å². The van der Waals surface area contributed by atoms with Crippen molar-refractivity contribution < 1.29 is 9.59 Å². The van der Waals surface area contributed by atoms with Crippen molar-refractivity contribution in [3.63, 3.8) is 0 Å². The lowest BCUT2D eigenvalue weighted by Gasteiger charge is -2.43. The first-order chi connectivity index (χ1) is 18.1. The Morgan fingerprint density at radius 1 is 0.974 bits per heavy atom. The predicted molar refractivity (Wildman–Crippen MR) is 155 cm³/mol. The maximum atomic E-state index is 14.2. The predicted octanol–water partition coefficient (Wildman–Crippen LogP) is 5.39. The molecule has 1 atom stereocenters. The monoisotopic (exact) mass is 527 g/mol. The second-order valence-corrected chi connectivity index (χ2v) is 10.4. The molecule has 1 aliphatic heterocycles. The van der Waals surface area contributed by atoms with Gasteiger partial charge in [-0.2, -0.15) is 0 Å². The Bertz CT molecular complexity index is 1480. The van der Waals surface area contributed by atoms with Crippen LogP contribution in [0, 0.1) is 0 Å². The third-order valence-electron chi connectivity index (χ3n) is 8.33. The number of piperazine rings is 1. The maximum Gasteiger partial charge on any atom is 0.232 e. The number of fused-ring (bicyclic) bond motifs is 3. The zero-order valence-electron chi connectivity index (χ0n) is 21.8. The fourth-order valence-electron chi connectivity index (χ4n) is 6.66.